The Morgan fingerprint density at radius 3 is 2.63 bits per heavy atom. The van der Waals surface area contributed by atoms with E-state index in [4.69, 9.17) is 14.5 Å². The van der Waals surface area contributed by atoms with Gasteiger partial charge in [0.1, 0.15) is 17.4 Å². The van der Waals surface area contributed by atoms with Crippen molar-refractivity contribution in [1.29, 1.82) is 0 Å². The minimum absolute atomic E-state index is 0.0132. The summed E-state index contributed by atoms with van der Waals surface area (Å²) < 4.78 is 11.5. The molecule has 3 heterocycles. The van der Waals surface area contributed by atoms with Crippen molar-refractivity contribution in [2.75, 3.05) is 39.5 Å². The van der Waals surface area contributed by atoms with Crippen LogP contribution in [0, 0.1) is 0 Å². The Bertz CT molecular complexity index is 1290. The van der Waals surface area contributed by atoms with Gasteiger partial charge in [0.25, 0.3) is 0 Å². The number of carbonyl (C=O) groups is 1. The number of carbonyl (C=O) groups excluding carboxylic acids is 1. The highest BCUT2D eigenvalue weighted by molar-refractivity contribution is 7.13. The van der Waals surface area contributed by atoms with Crippen LogP contribution >= 0.6 is 11.3 Å². The van der Waals surface area contributed by atoms with Crippen LogP contribution < -0.4 is 4.74 Å². The van der Waals surface area contributed by atoms with Crippen LogP contribution in [0.2, 0.25) is 0 Å². The number of hydrogen-bond acceptors (Lipinski definition) is 7. The molecule has 2 aromatic heterocycles. The lowest BCUT2D eigenvalue weighted by molar-refractivity contribution is -0.131. The Morgan fingerprint density at radius 2 is 1.82 bits per heavy atom. The van der Waals surface area contributed by atoms with Gasteiger partial charge in [-0.25, -0.2) is 4.98 Å². The van der Waals surface area contributed by atoms with Gasteiger partial charge in [-0.05, 0) is 29.8 Å². The maximum absolute atomic E-state index is 13.5. The predicted molar refractivity (Wildman–Crippen MR) is 149 cm³/mol. The summed E-state index contributed by atoms with van der Waals surface area (Å²) in [7, 11) is 0. The van der Waals surface area contributed by atoms with Crippen molar-refractivity contribution in [2.24, 2.45) is 0 Å². The highest BCUT2D eigenvalue weighted by Crippen LogP contribution is 2.24. The largest absolute Gasteiger partial charge is 0.492 e. The molecule has 7 nitrogen and oxygen atoms in total. The summed E-state index contributed by atoms with van der Waals surface area (Å²) in [5.41, 5.74) is 3.71. The number of morpholine rings is 1. The smallest absolute Gasteiger partial charge is 0.229 e. The Morgan fingerprint density at radius 1 is 0.974 bits per heavy atom. The molecule has 0 atom stereocenters. The van der Waals surface area contributed by atoms with E-state index >= 15 is 0 Å². The fourth-order valence-electron chi connectivity index (χ4n) is 4.36. The lowest BCUT2D eigenvalue weighted by Crippen LogP contribution is -2.38. The van der Waals surface area contributed by atoms with Gasteiger partial charge in [0.05, 0.1) is 37.6 Å². The standard InChI is InChI=1S/C30H32N4O3S/c35-29(20-27-23-38-30(32-27)25-8-2-1-3-9-25)34(22-26-10-4-5-12-31-26)21-24-7-6-11-28(19-24)37-18-15-33-13-16-36-17-14-33/h1-12,19,23H,13-18,20-22H2. The van der Waals surface area contributed by atoms with Crippen molar-refractivity contribution in [3.05, 3.63) is 101 Å². The molecule has 2 aromatic carbocycles. The highest BCUT2D eigenvalue weighted by Gasteiger charge is 2.18. The van der Waals surface area contributed by atoms with Crippen molar-refractivity contribution in [3.63, 3.8) is 0 Å². The molecule has 1 aliphatic rings. The van der Waals surface area contributed by atoms with Gasteiger partial charge in [0, 0.05) is 43.3 Å². The highest BCUT2D eigenvalue weighted by atomic mass is 32.1. The number of rotatable bonds is 11. The van der Waals surface area contributed by atoms with Crippen LogP contribution in [0.1, 0.15) is 17.0 Å². The summed E-state index contributed by atoms with van der Waals surface area (Å²) in [4.78, 5) is 26.9. The second-order valence-corrected chi connectivity index (χ2v) is 10.1. The lowest BCUT2D eigenvalue weighted by atomic mass is 10.1. The summed E-state index contributed by atoms with van der Waals surface area (Å²) in [5.74, 6) is 0.826. The zero-order valence-electron chi connectivity index (χ0n) is 21.4. The minimum Gasteiger partial charge on any atom is -0.492 e. The number of benzene rings is 2. The molecule has 1 amide bonds. The molecule has 1 fully saturated rings. The first-order chi connectivity index (χ1) is 18.7. The van der Waals surface area contributed by atoms with E-state index in [-0.39, 0.29) is 12.3 Å². The molecule has 38 heavy (non-hydrogen) atoms. The monoisotopic (exact) mass is 528 g/mol. The van der Waals surface area contributed by atoms with Crippen LogP contribution in [-0.2, 0) is 29.0 Å². The fraction of sp³-hybridized carbons (Fsp3) is 0.300. The molecular weight excluding hydrogens is 496 g/mol. The van der Waals surface area contributed by atoms with E-state index in [2.05, 4.69) is 9.88 Å². The summed E-state index contributed by atoms with van der Waals surface area (Å²) in [6.45, 7) is 5.83. The molecule has 0 aliphatic carbocycles. The molecule has 4 aromatic rings. The third-order valence-corrected chi connectivity index (χ3v) is 7.33. The molecule has 0 N–H and O–H groups in total. The van der Waals surface area contributed by atoms with E-state index in [9.17, 15) is 4.79 Å². The number of pyridine rings is 1. The number of hydrogen-bond donors (Lipinski definition) is 0. The third kappa shape index (κ3) is 7.47. The molecule has 1 aliphatic heterocycles. The van der Waals surface area contributed by atoms with Crippen LogP contribution in [0.25, 0.3) is 10.6 Å². The van der Waals surface area contributed by atoms with Gasteiger partial charge >= 0.3 is 0 Å². The van der Waals surface area contributed by atoms with Gasteiger partial charge in [0.15, 0.2) is 0 Å². The molecule has 0 saturated carbocycles. The molecule has 8 heteroatoms. The second kappa shape index (κ2) is 13.3. The molecule has 0 radical (unpaired) electrons. The molecule has 196 valence electrons. The van der Waals surface area contributed by atoms with Gasteiger partial charge in [-0.15, -0.1) is 11.3 Å². The normalized spacial score (nSPS) is 13.8. The quantitative estimate of drug-likeness (QED) is 0.281. The maximum Gasteiger partial charge on any atom is 0.229 e. The topological polar surface area (TPSA) is 67.8 Å². The number of amides is 1. The van der Waals surface area contributed by atoms with Crippen LogP contribution in [-0.4, -0.2) is 65.1 Å². The summed E-state index contributed by atoms with van der Waals surface area (Å²) in [6.07, 6.45) is 2.00. The van der Waals surface area contributed by atoms with Crippen molar-refractivity contribution in [1.82, 2.24) is 19.8 Å². The van der Waals surface area contributed by atoms with Crippen LogP contribution in [0.5, 0.6) is 5.75 Å². The lowest BCUT2D eigenvalue weighted by Gasteiger charge is -2.26. The van der Waals surface area contributed by atoms with Crippen molar-refractivity contribution >= 4 is 17.2 Å². The summed E-state index contributed by atoms with van der Waals surface area (Å²) >= 11 is 1.56. The predicted octanol–water partition coefficient (Wildman–Crippen LogP) is 4.69. The zero-order valence-corrected chi connectivity index (χ0v) is 22.2. The zero-order chi connectivity index (χ0) is 26.0. The Balaban J connectivity index is 1.25. The average Bonchev–Trinajstić information content (AvgIpc) is 3.43. The van der Waals surface area contributed by atoms with Gasteiger partial charge in [-0.1, -0.05) is 48.5 Å². The van der Waals surface area contributed by atoms with Gasteiger partial charge in [-0.2, -0.15) is 0 Å². The van der Waals surface area contributed by atoms with Crippen LogP contribution in [0.3, 0.4) is 0 Å². The Kier molecular flexibility index (Phi) is 9.10. The fourth-order valence-corrected chi connectivity index (χ4v) is 5.18. The Labute approximate surface area is 227 Å². The van der Waals surface area contributed by atoms with E-state index in [0.29, 0.717) is 19.7 Å². The maximum atomic E-state index is 13.5. The molecule has 1 saturated heterocycles. The van der Waals surface area contributed by atoms with E-state index in [1.54, 1.807) is 17.5 Å². The van der Waals surface area contributed by atoms with Crippen molar-refractivity contribution in [2.45, 2.75) is 19.5 Å². The second-order valence-electron chi connectivity index (χ2n) is 9.21. The number of nitrogens with zero attached hydrogens (tertiary/aromatic N) is 4. The SMILES string of the molecule is O=C(Cc1csc(-c2ccccc2)n1)N(Cc1cccc(OCCN2CCOCC2)c1)Cc1ccccn1. The van der Waals surface area contributed by atoms with Crippen LogP contribution in [0.4, 0.5) is 0 Å². The molecule has 0 bridgehead atoms. The van der Waals surface area contributed by atoms with E-state index in [0.717, 1.165) is 66.1 Å². The van der Waals surface area contributed by atoms with Crippen LogP contribution in [0.15, 0.2) is 84.4 Å². The van der Waals surface area contributed by atoms with Gasteiger partial charge in [0.2, 0.25) is 5.91 Å². The number of aromatic nitrogens is 2. The van der Waals surface area contributed by atoms with E-state index in [1.165, 1.54) is 0 Å². The molecule has 0 spiro atoms. The summed E-state index contributed by atoms with van der Waals surface area (Å²) in [6, 6.07) is 23.8. The first-order valence-corrected chi connectivity index (χ1v) is 13.8. The third-order valence-electron chi connectivity index (χ3n) is 6.39. The average molecular weight is 529 g/mol. The van der Waals surface area contributed by atoms with Gasteiger partial charge in [-0.3, -0.25) is 14.7 Å². The first-order valence-electron chi connectivity index (χ1n) is 12.9. The summed E-state index contributed by atoms with van der Waals surface area (Å²) in [5, 5.41) is 2.90. The van der Waals surface area contributed by atoms with Crippen molar-refractivity contribution in [3.8, 4) is 16.3 Å². The van der Waals surface area contributed by atoms with E-state index in [1.807, 2.05) is 83.1 Å². The van der Waals surface area contributed by atoms with E-state index < -0.39 is 0 Å². The molecule has 0 unspecified atom stereocenters. The number of ether oxygens (including phenoxy) is 2. The molecular formula is C30H32N4O3S. The molecule has 5 rings (SSSR count). The van der Waals surface area contributed by atoms with Gasteiger partial charge < -0.3 is 14.4 Å². The number of thiazole rings is 1. The first kappa shape index (κ1) is 26.0. The minimum atomic E-state index is 0.0132. The Hall–Kier alpha value is -3.59. The van der Waals surface area contributed by atoms with Crippen molar-refractivity contribution < 1.29 is 14.3 Å².